The first-order valence-electron chi connectivity index (χ1n) is 4.88. The lowest BCUT2D eigenvalue weighted by molar-refractivity contribution is -0.384. The molecule has 0 saturated heterocycles. The third-order valence-electron chi connectivity index (χ3n) is 2.37. The number of rotatable bonds is 3. The molecule has 0 unspecified atom stereocenters. The van der Waals surface area contributed by atoms with Crippen molar-refractivity contribution in [3.05, 3.63) is 50.1 Å². The summed E-state index contributed by atoms with van der Waals surface area (Å²) in [5, 5.41) is 15.3. The van der Waals surface area contributed by atoms with Crippen LogP contribution in [0.3, 0.4) is 0 Å². The topological polar surface area (TPSA) is 87.0 Å². The fourth-order valence-electron chi connectivity index (χ4n) is 1.46. The Morgan fingerprint density at radius 3 is 2.67 bits per heavy atom. The summed E-state index contributed by atoms with van der Waals surface area (Å²) in [5.74, 6) is 0.00562. The summed E-state index contributed by atoms with van der Waals surface area (Å²) >= 11 is 11.7. The summed E-state index contributed by atoms with van der Waals surface area (Å²) in [4.78, 5) is 10.0. The number of nitrogens with two attached hydrogens (primary N) is 1. The first-order valence-corrected chi connectivity index (χ1v) is 5.64. The molecule has 0 aliphatic carbocycles. The minimum absolute atomic E-state index is 0.00562. The summed E-state index contributed by atoms with van der Waals surface area (Å²) in [6.45, 7) is 0.288. The maximum atomic E-state index is 10.6. The van der Waals surface area contributed by atoms with Crippen molar-refractivity contribution < 1.29 is 4.92 Å². The molecule has 0 aliphatic rings. The van der Waals surface area contributed by atoms with E-state index in [1.807, 2.05) is 0 Å². The van der Waals surface area contributed by atoms with E-state index in [0.717, 1.165) is 11.8 Å². The van der Waals surface area contributed by atoms with Gasteiger partial charge >= 0.3 is 5.69 Å². The van der Waals surface area contributed by atoms with Crippen LogP contribution < -0.4 is 5.73 Å². The fourth-order valence-corrected chi connectivity index (χ4v) is 1.78. The third-order valence-corrected chi connectivity index (χ3v) is 3.11. The average molecular weight is 287 g/mol. The fraction of sp³-hybridized carbons (Fsp3) is 0.100. The van der Waals surface area contributed by atoms with Gasteiger partial charge in [0.05, 0.1) is 21.5 Å². The molecule has 0 aliphatic heterocycles. The smallest absolute Gasteiger partial charge is 0.330 e. The molecule has 2 aromatic rings. The van der Waals surface area contributed by atoms with Crippen molar-refractivity contribution in [2.45, 2.75) is 6.54 Å². The Hall–Kier alpha value is -1.79. The van der Waals surface area contributed by atoms with E-state index in [4.69, 9.17) is 28.9 Å². The van der Waals surface area contributed by atoms with Crippen LogP contribution in [0.25, 0.3) is 0 Å². The van der Waals surface area contributed by atoms with Gasteiger partial charge in [-0.25, -0.2) is 4.68 Å². The normalized spacial score (nSPS) is 10.6. The minimum atomic E-state index is -0.576. The van der Waals surface area contributed by atoms with Crippen LogP contribution in [0, 0.1) is 10.1 Å². The molecule has 0 spiro atoms. The van der Waals surface area contributed by atoms with E-state index in [9.17, 15) is 10.1 Å². The molecular formula is C10H8Cl2N4O2. The second-order valence-corrected chi connectivity index (χ2v) is 4.39. The van der Waals surface area contributed by atoms with E-state index in [2.05, 4.69) is 5.10 Å². The maximum absolute atomic E-state index is 10.6. The van der Waals surface area contributed by atoms with Crippen LogP contribution >= 0.6 is 23.2 Å². The van der Waals surface area contributed by atoms with Crippen LogP contribution in [-0.4, -0.2) is 14.7 Å². The van der Waals surface area contributed by atoms with Gasteiger partial charge in [0.25, 0.3) is 0 Å². The van der Waals surface area contributed by atoms with Crippen molar-refractivity contribution >= 4 is 34.7 Å². The van der Waals surface area contributed by atoms with E-state index in [1.54, 1.807) is 18.2 Å². The number of hydrogen-bond acceptors (Lipinski definition) is 4. The van der Waals surface area contributed by atoms with Gasteiger partial charge in [0.2, 0.25) is 5.82 Å². The lowest BCUT2D eigenvalue weighted by Crippen LogP contribution is -2.06. The number of anilines is 1. The van der Waals surface area contributed by atoms with Gasteiger partial charge in [-0.05, 0) is 17.7 Å². The molecule has 1 heterocycles. The molecule has 18 heavy (non-hydrogen) atoms. The molecule has 2 rings (SSSR count). The van der Waals surface area contributed by atoms with Gasteiger partial charge in [-0.15, -0.1) is 0 Å². The molecule has 6 nitrogen and oxygen atoms in total. The maximum Gasteiger partial charge on any atom is 0.330 e. The predicted octanol–water partition coefficient (Wildman–Crippen LogP) is 2.73. The molecule has 0 amide bonds. The van der Waals surface area contributed by atoms with Crippen LogP contribution in [0.5, 0.6) is 0 Å². The quantitative estimate of drug-likeness (QED) is 0.694. The van der Waals surface area contributed by atoms with E-state index < -0.39 is 4.92 Å². The molecule has 2 N–H and O–H groups in total. The zero-order chi connectivity index (χ0) is 13.3. The summed E-state index contributed by atoms with van der Waals surface area (Å²) in [6, 6.07) is 5.06. The van der Waals surface area contributed by atoms with Crippen molar-refractivity contribution in [3.8, 4) is 0 Å². The van der Waals surface area contributed by atoms with Crippen LogP contribution in [0.2, 0.25) is 10.0 Å². The van der Waals surface area contributed by atoms with Crippen LogP contribution in [0.1, 0.15) is 5.56 Å². The molecule has 94 valence electrons. The Morgan fingerprint density at radius 1 is 1.39 bits per heavy atom. The SMILES string of the molecule is Nc1c([N+](=O)[O-])cnn1Cc1ccc(Cl)c(Cl)c1. The molecule has 0 saturated carbocycles. The summed E-state index contributed by atoms with van der Waals surface area (Å²) < 4.78 is 1.33. The minimum Gasteiger partial charge on any atom is -0.378 e. The van der Waals surface area contributed by atoms with Crippen LogP contribution in [-0.2, 0) is 6.54 Å². The van der Waals surface area contributed by atoms with Gasteiger partial charge in [-0.3, -0.25) is 10.1 Å². The van der Waals surface area contributed by atoms with Crippen molar-refractivity contribution in [1.82, 2.24) is 9.78 Å². The van der Waals surface area contributed by atoms with Gasteiger partial charge in [0, 0.05) is 0 Å². The second kappa shape index (κ2) is 4.83. The Balaban J connectivity index is 2.29. The molecule has 0 atom stereocenters. The Bertz CT molecular complexity index is 612. The lowest BCUT2D eigenvalue weighted by atomic mass is 10.2. The van der Waals surface area contributed by atoms with Gasteiger partial charge in [0.15, 0.2) is 0 Å². The van der Waals surface area contributed by atoms with Gasteiger partial charge < -0.3 is 5.73 Å². The molecule has 1 aromatic carbocycles. The van der Waals surface area contributed by atoms with E-state index in [0.29, 0.717) is 10.0 Å². The number of nitrogen functional groups attached to an aromatic ring is 1. The van der Waals surface area contributed by atoms with E-state index >= 15 is 0 Å². The zero-order valence-corrected chi connectivity index (χ0v) is 10.5. The summed E-state index contributed by atoms with van der Waals surface area (Å²) in [6.07, 6.45) is 1.12. The molecule has 8 heteroatoms. The van der Waals surface area contributed by atoms with Crippen molar-refractivity contribution in [3.63, 3.8) is 0 Å². The number of halogens is 2. The second-order valence-electron chi connectivity index (χ2n) is 3.58. The number of aromatic nitrogens is 2. The molecule has 0 radical (unpaired) electrons. The number of benzene rings is 1. The van der Waals surface area contributed by atoms with Crippen molar-refractivity contribution in [2.75, 3.05) is 5.73 Å². The number of hydrogen-bond donors (Lipinski definition) is 1. The number of nitro groups is 1. The Morgan fingerprint density at radius 2 is 2.11 bits per heavy atom. The Kier molecular flexibility index (Phi) is 3.40. The first kappa shape index (κ1) is 12.7. The highest BCUT2D eigenvalue weighted by Crippen LogP contribution is 2.25. The van der Waals surface area contributed by atoms with Gasteiger partial charge in [0.1, 0.15) is 6.20 Å². The van der Waals surface area contributed by atoms with Crippen molar-refractivity contribution in [1.29, 1.82) is 0 Å². The monoisotopic (exact) mass is 286 g/mol. The molecular weight excluding hydrogens is 279 g/mol. The zero-order valence-electron chi connectivity index (χ0n) is 9.01. The van der Waals surface area contributed by atoms with E-state index in [-0.39, 0.29) is 18.1 Å². The highest BCUT2D eigenvalue weighted by Gasteiger charge is 2.17. The standard InChI is InChI=1S/C10H8Cl2N4O2/c11-7-2-1-6(3-8(7)12)5-15-10(13)9(4-14-15)16(17)18/h1-4H,5,13H2. The van der Waals surface area contributed by atoms with E-state index in [1.165, 1.54) is 4.68 Å². The summed E-state index contributed by atoms with van der Waals surface area (Å²) in [7, 11) is 0. The van der Waals surface area contributed by atoms with Crippen LogP contribution in [0.4, 0.5) is 11.5 Å². The van der Waals surface area contributed by atoms with Gasteiger partial charge in [-0.2, -0.15) is 5.10 Å². The lowest BCUT2D eigenvalue weighted by Gasteiger charge is -2.05. The highest BCUT2D eigenvalue weighted by molar-refractivity contribution is 6.42. The van der Waals surface area contributed by atoms with Crippen molar-refractivity contribution in [2.24, 2.45) is 0 Å². The molecule has 0 fully saturated rings. The van der Waals surface area contributed by atoms with Gasteiger partial charge in [-0.1, -0.05) is 29.3 Å². The Labute approximate surface area is 112 Å². The molecule has 1 aromatic heterocycles. The van der Waals surface area contributed by atoms with Crippen LogP contribution in [0.15, 0.2) is 24.4 Å². The first-order chi connectivity index (χ1) is 8.49. The average Bonchev–Trinajstić information content (AvgIpc) is 2.66. The third kappa shape index (κ3) is 2.39. The molecule has 0 bridgehead atoms. The number of nitrogens with zero attached hydrogens (tertiary/aromatic N) is 3. The highest BCUT2D eigenvalue weighted by atomic mass is 35.5. The largest absolute Gasteiger partial charge is 0.378 e. The predicted molar refractivity (Wildman–Crippen MR) is 68.9 cm³/mol. The summed E-state index contributed by atoms with van der Waals surface area (Å²) in [5.41, 5.74) is 6.21.